The number of aromatic nitrogens is 1. The Morgan fingerprint density at radius 3 is 3.00 bits per heavy atom. The summed E-state index contributed by atoms with van der Waals surface area (Å²) < 4.78 is 4.69. The Morgan fingerprint density at radius 1 is 1.78 bits per heavy atom. The van der Waals surface area contributed by atoms with E-state index < -0.39 is 0 Å². The fraction of sp³-hybridized carbons (Fsp3) is 0.500. The maximum absolute atomic E-state index is 5.50. The predicted octanol–water partition coefficient (Wildman–Crippen LogP) is 1.76. The zero-order chi connectivity index (χ0) is 6.69. The van der Waals surface area contributed by atoms with Crippen LogP contribution in [0.2, 0.25) is 0 Å². The minimum atomic E-state index is 0.627. The highest BCUT2D eigenvalue weighted by Gasteiger charge is 1.99. The lowest BCUT2D eigenvalue weighted by atomic mass is 10.2. The number of halogens is 1. The molecule has 0 fully saturated rings. The molecule has 0 aliphatic rings. The minimum Gasteiger partial charge on any atom is -0.364 e. The first-order valence-corrected chi connectivity index (χ1v) is 3.34. The third kappa shape index (κ3) is 1.45. The van der Waals surface area contributed by atoms with Gasteiger partial charge in [0.15, 0.2) is 0 Å². The molecule has 0 aliphatic carbocycles. The van der Waals surface area contributed by atoms with Crippen molar-refractivity contribution in [2.75, 3.05) is 5.88 Å². The smallest absolute Gasteiger partial charge is 0.127 e. The molecule has 1 rings (SSSR count). The van der Waals surface area contributed by atoms with E-state index in [1.54, 1.807) is 6.26 Å². The van der Waals surface area contributed by atoms with Crippen molar-refractivity contribution in [1.29, 1.82) is 0 Å². The number of nitrogens with zero attached hydrogens (tertiary/aromatic N) is 1. The van der Waals surface area contributed by atoms with Gasteiger partial charge in [-0.3, -0.25) is 0 Å². The van der Waals surface area contributed by atoms with Gasteiger partial charge >= 0.3 is 0 Å². The van der Waals surface area contributed by atoms with Gasteiger partial charge in [0, 0.05) is 11.4 Å². The first-order chi connectivity index (χ1) is 4.34. The van der Waals surface area contributed by atoms with Crippen molar-refractivity contribution < 1.29 is 4.52 Å². The van der Waals surface area contributed by atoms with Crippen LogP contribution in [0.3, 0.4) is 0 Å². The normalized spacial score (nSPS) is 10.0. The summed E-state index contributed by atoms with van der Waals surface area (Å²) in [7, 11) is 0. The van der Waals surface area contributed by atoms with Crippen LogP contribution < -0.4 is 0 Å². The molecular formula is C6H8ClNO. The Morgan fingerprint density at radius 2 is 2.56 bits per heavy atom. The average molecular weight is 146 g/mol. The zero-order valence-electron chi connectivity index (χ0n) is 5.22. The lowest BCUT2D eigenvalue weighted by Crippen LogP contribution is -1.85. The van der Waals surface area contributed by atoms with Gasteiger partial charge in [-0.15, -0.1) is 11.6 Å². The molecule has 1 aromatic rings. The third-order valence-electron chi connectivity index (χ3n) is 1.21. The molecule has 0 N–H and O–H groups in total. The molecule has 1 aromatic heterocycles. The molecule has 0 spiro atoms. The molecule has 0 saturated heterocycles. The van der Waals surface area contributed by atoms with Gasteiger partial charge in [0.2, 0.25) is 0 Å². The summed E-state index contributed by atoms with van der Waals surface area (Å²) in [5.41, 5.74) is 2.04. The largest absolute Gasteiger partial charge is 0.364 e. The molecule has 0 aromatic carbocycles. The summed E-state index contributed by atoms with van der Waals surface area (Å²) >= 11 is 5.50. The first kappa shape index (κ1) is 6.62. The topological polar surface area (TPSA) is 26.0 Å². The van der Waals surface area contributed by atoms with Crippen LogP contribution in [0, 0.1) is 6.92 Å². The summed E-state index contributed by atoms with van der Waals surface area (Å²) in [6, 6.07) is 0. The van der Waals surface area contributed by atoms with Gasteiger partial charge in [0.05, 0.1) is 5.69 Å². The molecule has 9 heavy (non-hydrogen) atoms. The maximum atomic E-state index is 5.50. The standard InChI is InChI=1S/C6H8ClNO/c1-5-6(2-3-7)4-9-8-5/h4H,2-3H2,1H3. The molecular weight excluding hydrogens is 138 g/mol. The third-order valence-corrected chi connectivity index (χ3v) is 1.40. The number of hydrogen-bond donors (Lipinski definition) is 0. The van der Waals surface area contributed by atoms with Crippen LogP contribution in [0.25, 0.3) is 0 Å². The fourth-order valence-corrected chi connectivity index (χ4v) is 0.858. The molecule has 0 radical (unpaired) electrons. The number of aryl methyl sites for hydroxylation is 2. The average Bonchev–Trinajstić information content (AvgIpc) is 2.18. The quantitative estimate of drug-likeness (QED) is 0.593. The molecule has 3 heteroatoms. The maximum Gasteiger partial charge on any atom is 0.127 e. The van der Waals surface area contributed by atoms with Crippen LogP contribution in [-0.2, 0) is 6.42 Å². The van der Waals surface area contributed by atoms with Crippen molar-refractivity contribution in [1.82, 2.24) is 5.16 Å². The van der Waals surface area contributed by atoms with Gasteiger partial charge in [-0.2, -0.15) is 0 Å². The van der Waals surface area contributed by atoms with E-state index in [1.165, 1.54) is 0 Å². The highest BCUT2D eigenvalue weighted by molar-refractivity contribution is 6.17. The highest BCUT2D eigenvalue weighted by Crippen LogP contribution is 2.05. The number of alkyl halides is 1. The molecule has 0 unspecified atom stereocenters. The molecule has 0 aliphatic heterocycles. The first-order valence-electron chi connectivity index (χ1n) is 2.80. The lowest BCUT2D eigenvalue weighted by molar-refractivity contribution is 0.414. The van der Waals surface area contributed by atoms with Crippen molar-refractivity contribution in [3.63, 3.8) is 0 Å². The summed E-state index contributed by atoms with van der Waals surface area (Å²) in [4.78, 5) is 0. The van der Waals surface area contributed by atoms with Crippen molar-refractivity contribution in [3.8, 4) is 0 Å². The van der Waals surface area contributed by atoms with Gasteiger partial charge in [0.1, 0.15) is 6.26 Å². The second-order valence-electron chi connectivity index (χ2n) is 1.86. The number of rotatable bonds is 2. The summed E-state index contributed by atoms with van der Waals surface area (Å²) in [6.07, 6.45) is 2.48. The Balaban J connectivity index is 2.69. The van der Waals surface area contributed by atoms with E-state index in [4.69, 9.17) is 11.6 Å². The van der Waals surface area contributed by atoms with Crippen molar-refractivity contribution >= 4 is 11.6 Å². The van der Waals surface area contributed by atoms with E-state index in [2.05, 4.69) is 9.68 Å². The van der Waals surface area contributed by atoms with Crippen LogP contribution in [0.4, 0.5) is 0 Å². The van der Waals surface area contributed by atoms with E-state index >= 15 is 0 Å². The second-order valence-corrected chi connectivity index (χ2v) is 2.24. The lowest BCUT2D eigenvalue weighted by Gasteiger charge is -1.87. The van der Waals surface area contributed by atoms with Crippen molar-refractivity contribution in [2.24, 2.45) is 0 Å². The Labute approximate surface area is 58.8 Å². The Kier molecular flexibility index (Phi) is 2.11. The van der Waals surface area contributed by atoms with Crippen LogP contribution >= 0.6 is 11.6 Å². The summed E-state index contributed by atoms with van der Waals surface area (Å²) in [5, 5.41) is 3.70. The molecule has 2 nitrogen and oxygen atoms in total. The van der Waals surface area contributed by atoms with E-state index in [9.17, 15) is 0 Å². The zero-order valence-corrected chi connectivity index (χ0v) is 5.98. The summed E-state index contributed by atoms with van der Waals surface area (Å²) in [5.74, 6) is 0.627. The monoisotopic (exact) mass is 145 g/mol. The van der Waals surface area contributed by atoms with E-state index in [1.807, 2.05) is 6.92 Å². The molecule has 0 amide bonds. The molecule has 0 atom stereocenters. The fourth-order valence-electron chi connectivity index (χ4n) is 0.655. The van der Waals surface area contributed by atoms with E-state index in [0.29, 0.717) is 5.88 Å². The van der Waals surface area contributed by atoms with Crippen LogP contribution in [0.15, 0.2) is 10.8 Å². The molecule has 0 saturated carbocycles. The second kappa shape index (κ2) is 2.87. The van der Waals surface area contributed by atoms with Gasteiger partial charge in [-0.25, -0.2) is 0 Å². The van der Waals surface area contributed by atoms with Crippen molar-refractivity contribution in [2.45, 2.75) is 13.3 Å². The SMILES string of the molecule is Cc1nocc1CCCl. The van der Waals surface area contributed by atoms with Gasteiger partial charge < -0.3 is 4.52 Å². The van der Waals surface area contributed by atoms with Gasteiger partial charge in [-0.1, -0.05) is 5.16 Å². The molecule has 0 bridgehead atoms. The highest BCUT2D eigenvalue weighted by atomic mass is 35.5. The van der Waals surface area contributed by atoms with Crippen LogP contribution in [0.1, 0.15) is 11.3 Å². The summed E-state index contributed by atoms with van der Waals surface area (Å²) in [6.45, 7) is 1.91. The van der Waals surface area contributed by atoms with E-state index in [-0.39, 0.29) is 0 Å². The minimum absolute atomic E-state index is 0.627. The van der Waals surface area contributed by atoms with Crippen LogP contribution in [0.5, 0.6) is 0 Å². The van der Waals surface area contributed by atoms with Gasteiger partial charge in [-0.05, 0) is 13.3 Å². The number of hydrogen-bond acceptors (Lipinski definition) is 2. The Bertz CT molecular complexity index is 185. The Hall–Kier alpha value is -0.500. The van der Waals surface area contributed by atoms with Gasteiger partial charge in [0.25, 0.3) is 0 Å². The van der Waals surface area contributed by atoms with Crippen molar-refractivity contribution in [3.05, 3.63) is 17.5 Å². The molecule has 50 valence electrons. The van der Waals surface area contributed by atoms with Crippen LogP contribution in [-0.4, -0.2) is 11.0 Å². The predicted molar refractivity (Wildman–Crippen MR) is 35.7 cm³/mol. The van der Waals surface area contributed by atoms with E-state index in [0.717, 1.165) is 17.7 Å². The molecule has 1 heterocycles.